The van der Waals surface area contributed by atoms with Crippen LogP contribution in [0.3, 0.4) is 0 Å². The molecule has 1 unspecified atom stereocenters. The molecule has 33 heavy (non-hydrogen) atoms. The molecule has 2 aromatic rings. The molecule has 1 fully saturated rings. The Morgan fingerprint density at radius 3 is 2.18 bits per heavy atom. The first-order chi connectivity index (χ1) is 15.8. The van der Waals surface area contributed by atoms with Crippen LogP contribution in [0.5, 0.6) is 0 Å². The third-order valence-corrected chi connectivity index (χ3v) is 5.52. The Kier molecular flexibility index (Phi) is 9.25. The summed E-state index contributed by atoms with van der Waals surface area (Å²) in [6, 6.07) is 13.0. The summed E-state index contributed by atoms with van der Waals surface area (Å²) in [6.07, 6.45) is -2.82. The van der Waals surface area contributed by atoms with Crippen LogP contribution in [-0.2, 0) is 26.9 Å². The molecule has 0 spiro atoms. The zero-order chi connectivity index (χ0) is 23.7. The number of nitrogens with zero attached hydrogens (tertiary/aromatic N) is 1. The minimum Gasteiger partial charge on any atom is -0.369 e. The monoisotopic (exact) mass is 465 g/mol. The van der Waals surface area contributed by atoms with Crippen molar-refractivity contribution in [1.29, 1.82) is 0 Å². The van der Waals surface area contributed by atoms with Crippen LogP contribution >= 0.6 is 0 Å². The van der Waals surface area contributed by atoms with Gasteiger partial charge in [0, 0.05) is 26.2 Å². The second-order valence-corrected chi connectivity index (χ2v) is 7.94. The van der Waals surface area contributed by atoms with Gasteiger partial charge < -0.3 is 20.5 Å². The van der Waals surface area contributed by atoms with Gasteiger partial charge >= 0.3 is 6.18 Å². The molecule has 3 N–H and O–H groups in total. The number of ether oxygens (including phenoxy) is 2. The number of primary amides is 1. The van der Waals surface area contributed by atoms with Crippen molar-refractivity contribution in [3.05, 3.63) is 59.7 Å². The summed E-state index contributed by atoms with van der Waals surface area (Å²) >= 11 is 0. The van der Waals surface area contributed by atoms with Crippen LogP contribution in [0.1, 0.15) is 17.5 Å². The van der Waals surface area contributed by atoms with Crippen LogP contribution in [0.4, 0.5) is 13.2 Å². The van der Waals surface area contributed by atoms with Crippen LogP contribution in [-0.4, -0.2) is 63.0 Å². The topological polar surface area (TPSA) is 76.8 Å². The predicted molar refractivity (Wildman–Crippen MR) is 119 cm³/mol. The minimum absolute atomic E-state index is 0.0705. The van der Waals surface area contributed by atoms with Gasteiger partial charge in [-0.15, -0.1) is 0 Å². The van der Waals surface area contributed by atoms with E-state index in [4.69, 9.17) is 15.2 Å². The molecule has 0 aliphatic carbocycles. The number of hydrogen-bond acceptors (Lipinski definition) is 5. The molecule has 1 amide bonds. The van der Waals surface area contributed by atoms with Crippen molar-refractivity contribution in [2.24, 2.45) is 5.73 Å². The number of aryl methyl sites for hydroxylation is 1. The Morgan fingerprint density at radius 1 is 1.00 bits per heavy atom. The van der Waals surface area contributed by atoms with Crippen molar-refractivity contribution in [3.8, 4) is 11.1 Å². The van der Waals surface area contributed by atoms with Crippen molar-refractivity contribution >= 4 is 5.91 Å². The van der Waals surface area contributed by atoms with Gasteiger partial charge in [-0.25, -0.2) is 0 Å². The van der Waals surface area contributed by atoms with Crippen LogP contribution in [0.2, 0.25) is 0 Å². The summed E-state index contributed by atoms with van der Waals surface area (Å²) in [5.74, 6) is -0.506. The number of nitrogens with two attached hydrogens (primary N) is 1. The van der Waals surface area contributed by atoms with Gasteiger partial charge in [0.15, 0.2) is 0 Å². The number of benzene rings is 2. The highest BCUT2D eigenvalue weighted by Gasteiger charge is 2.30. The fourth-order valence-corrected chi connectivity index (χ4v) is 3.76. The van der Waals surface area contributed by atoms with E-state index in [2.05, 4.69) is 10.2 Å². The van der Waals surface area contributed by atoms with Gasteiger partial charge in [0.25, 0.3) is 0 Å². The molecule has 1 aliphatic heterocycles. The van der Waals surface area contributed by atoms with Gasteiger partial charge in [0.1, 0.15) is 12.8 Å². The Balaban J connectivity index is 1.55. The third-order valence-electron chi connectivity index (χ3n) is 5.52. The molecule has 0 bridgehead atoms. The summed E-state index contributed by atoms with van der Waals surface area (Å²) < 4.78 is 49.5. The molecule has 9 heteroatoms. The van der Waals surface area contributed by atoms with Gasteiger partial charge in [-0.05, 0) is 41.7 Å². The average molecular weight is 466 g/mol. The van der Waals surface area contributed by atoms with E-state index < -0.39 is 17.6 Å². The first kappa shape index (κ1) is 25.2. The molecule has 180 valence electrons. The third kappa shape index (κ3) is 8.12. The van der Waals surface area contributed by atoms with Crippen molar-refractivity contribution in [2.45, 2.75) is 25.2 Å². The molecule has 2 aromatic carbocycles. The molecular formula is C24H30F3N3O3. The number of rotatable bonds is 11. The largest absolute Gasteiger partial charge is 0.416 e. The van der Waals surface area contributed by atoms with E-state index in [-0.39, 0.29) is 12.8 Å². The SMILES string of the molecule is NC(=O)COCCOC(CCc1ccc(-c2ccc(C(F)(F)F)cc2)cc1)N1CCNCC1. The van der Waals surface area contributed by atoms with Gasteiger partial charge in [0.05, 0.1) is 18.8 Å². The van der Waals surface area contributed by atoms with Crippen LogP contribution < -0.4 is 11.1 Å². The van der Waals surface area contributed by atoms with E-state index >= 15 is 0 Å². The summed E-state index contributed by atoms with van der Waals surface area (Å²) in [7, 11) is 0. The molecule has 0 saturated carbocycles. The molecular weight excluding hydrogens is 435 g/mol. The van der Waals surface area contributed by atoms with E-state index in [1.807, 2.05) is 24.3 Å². The Labute approximate surface area is 191 Å². The highest BCUT2D eigenvalue weighted by Crippen LogP contribution is 2.31. The Hall–Kier alpha value is -2.46. The van der Waals surface area contributed by atoms with Gasteiger partial charge in [-0.2, -0.15) is 13.2 Å². The molecule has 1 heterocycles. The van der Waals surface area contributed by atoms with E-state index in [9.17, 15) is 18.0 Å². The lowest BCUT2D eigenvalue weighted by Crippen LogP contribution is -2.49. The van der Waals surface area contributed by atoms with Crippen molar-refractivity contribution in [1.82, 2.24) is 10.2 Å². The first-order valence-corrected chi connectivity index (χ1v) is 11.0. The maximum atomic E-state index is 12.8. The maximum absolute atomic E-state index is 12.8. The zero-order valence-electron chi connectivity index (χ0n) is 18.4. The van der Waals surface area contributed by atoms with Gasteiger partial charge in [-0.3, -0.25) is 9.69 Å². The second kappa shape index (κ2) is 12.1. The molecule has 3 rings (SSSR count). The number of amides is 1. The Bertz CT molecular complexity index is 867. The second-order valence-electron chi connectivity index (χ2n) is 7.94. The van der Waals surface area contributed by atoms with Crippen LogP contribution in [0.15, 0.2) is 48.5 Å². The lowest BCUT2D eigenvalue weighted by atomic mass is 10.0. The lowest BCUT2D eigenvalue weighted by molar-refractivity contribution is -0.137. The summed E-state index contributed by atoms with van der Waals surface area (Å²) in [6.45, 7) is 4.13. The first-order valence-electron chi connectivity index (χ1n) is 11.0. The highest BCUT2D eigenvalue weighted by molar-refractivity contribution is 5.74. The Morgan fingerprint density at radius 2 is 1.61 bits per heavy atom. The predicted octanol–water partition coefficient (Wildman–Crippen LogP) is 3.05. The van der Waals surface area contributed by atoms with E-state index in [0.717, 1.165) is 67.8 Å². The normalized spacial score (nSPS) is 16.0. The number of piperazine rings is 1. The zero-order valence-corrected chi connectivity index (χ0v) is 18.4. The number of hydrogen-bond donors (Lipinski definition) is 2. The summed E-state index contributed by atoms with van der Waals surface area (Å²) in [5.41, 5.74) is 7.16. The van der Waals surface area contributed by atoms with E-state index in [1.54, 1.807) is 0 Å². The van der Waals surface area contributed by atoms with Crippen molar-refractivity contribution in [3.63, 3.8) is 0 Å². The molecule has 0 radical (unpaired) electrons. The number of nitrogens with one attached hydrogen (secondary N) is 1. The van der Waals surface area contributed by atoms with E-state index in [0.29, 0.717) is 13.2 Å². The molecule has 6 nitrogen and oxygen atoms in total. The maximum Gasteiger partial charge on any atom is 0.416 e. The lowest BCUT2D eigenvalue weighted by Gasteiger charge is -2.34. The number of carbonyl (C=O) groups is 1. The van der Waals surface area contributed by atoms with Crippen molar-refractivity contribution in [2.75, 3.05) is 46.0 Å². The number of carbonyl (C=O) groups excluding carboxylic acids is 1. The van der Waals surface area contributed by atoms with Crippen LogP contribution in [0, 0.1) is 0 Å². The average Bonchev–Trinajstić information content (AvgIpc) is 2.81. The smallest absolute Gasteiger partial charge is 0.369 e. The van der Waals surface area contributed by atoms with Gasteiger partial charge in [0.2, 0.25) is 5.91 Å². The summed E-state index contributed by atoms with van der Waals surface area (Å²) in [4.78, 5) is 13.1. The fraction of sp³-hybridized carbons (Fsp3) is 0.458. The standard InChI is InChI=1S/C24H30F3N3O3/c25-24(26,27)21-8-6-20(7-9-21)19-4-1-18(2-5-19)3-10-23(30-13-11-29-12-14-30)33-16-15-32-17-22(28)31/h1-2,4-9,23,29H,3,10-17H2,(H2,28,31). The molecule has 1 saturated heterocycles. The molecule has 0 aromatic heterocycles. The highest BCUT2D eigenvalue weighted by atomic mass is 19.4. The molecule has 1 atom stereocenters. The summed E-state index contributed by atoms with van der Waals surface area (Å²) in [5, 5.41) is 3.33. The fourth-order valence-electron chi connectivity index (χ4n) is 3.76. The molecule has 1 aliphatic rings. The van der Waals surface area contributed by atoms with Crippen molar-refractivity contribution < 1.29 is 27.4 Å². The minimum atomic E-state index is -4.33. The number of halogens is 3. The van der Waals surface area contributed by atoms with Gasteiger partial charge in [-0.1, -0.05) is 36.4 Å². The quantitative estimate of drug-likeness (QED) is 0.499. The van der Waals surface area contributed by atoms with Crippen LogP contribution in [0.25, 0.3) is 11.1 Å². The van der Waals surface area contributed by atoms with E-state index in [1.165, 1.54) is 12.1 Å². The number of alkyl halides is 3.